The zero-order valence-electron chi connectivity index (χ0n) is 17.4. The maximum atomic E-state index is 12.5. The van der Waals surface area contributed by atoms with Crippen molar-refractivity contribution in [2.45, 2.75) is 36.8 Å². The van der Waals surface area contributed by atoms with Gasteiger partial charge in [-0.05, 0) is 90.9 Å². The number of aliphatic hydroxyl groups is 1. The van der Waals surface area contributed by atoms with Crippen LogP contribution in [0.4, 0.5) is 5.69 Å². The summed E-state index contributed by atoms with van der Waals surface area (Å²) >= 11 is 2.14. The van der Waals surface area contributed by atoms with Crippen molar-refractivity contribution < 1.29 is 13.5 Å². The van der Waals surface area contributed by atoms with E-state index >= 15 is 0 Å². The minimum atomic E-state index is -3.62. The molecule has 0 amide bonds. The minimum Gasteiger partial charge on any atom is -0.387 e. The molecule has 1 heterocycles. The number of halogens is 1. The van der Waals surface area contributed by atoms with Crippen molar-refractivity contribution in [3.05, 3.63) is 87.8 Å². The molecule has 1 atom stereocenters. The first kappa shape index (κ1) is 23.6. The van der Waals surface area contributed by atoms with Crippen LogP contribution in [0.3, 0.4) is 0 Å². The van der Waals surface area contributed by atoms with Gasteiger partial charge in [-0.3, -0.25) is 9.71 Å². The molecule has 0 bridgehead atoms. The maximum absolute atomic E-state index is 12.5. The highest BCUT2D eigenvalue weighted by Gasteiger charge is 2.20. The van der Waals surface area contributed by atoms with Crippen molar-refractivity contribution in [3.8, 4) is 0 Å². The molecular weight excluding hydrogens is 525 g/mol. The molecule has 2 aromatic carbocycles. The summed E-state index contributed by atoms with van der Waals surface area (Å²) < 4.78 is 28.7. The lowest BCUT2D eigenvalue weighted by atomic mass is 9.94. The zero-order valence-corrected chi connectivity index (χ0v) is 20.4. The Labute approximate surface area is 197 Å². The molecule has 0 aliphatic rings. The Morgan fingerprint density at radius 2 is 1.74 bits per heavy atom. The summed E-state index contributed by atoms with van der Waals surface area (Å²) in [7, 11) is -3.62. The Kier molecular flexibility index (Phi) is 7.68. The van der Waals surface area contributed by atoms with Gasteiger partial charge in [-0.15, -0.1) is 0 Å². The second-order valence-corrected chi connectivity index (χ2v) is 10.9. The van der Waals surface area contributed by atoms with Crippen LogP contribution < -0.4 is 10.0 Å². The van der Waals surface area contributed by atoms with E-state index in [-0.39, 0.29) is 10.4 Å². The zero-order chi connectivity index (χ0) is 22.5. The molecule has 6 nitrogen and oxygen atoms in total. The average molecular weight is 551 g/mol. The first-order valence-electron chi connectivity index (χ1n) is 9.85. The molecule has 3 N–H and O–H groups in total. The van der Waals surface area contributed by atoms with Crippen LogP contribution in [-0.2, 0) is 16.4 Å². The van der Waals surface area contributed by atoms with Crippen LogP contribution in [0.15, 0.2) is 78.0 Å². The van der Waals surface area contributed by atoms with E-state index in [2.05, 4.69) is 51.5 Å². The highest BCUT2D eigenvalue weighted by molar-refractivity contribution is 14.1. The number of sulfonamides is 1. The Hall–Kier alpha value is -2.01. The number of hydrogen-bond acceptors (Lipinski definition) is 5. The summed E-state index contributed by atoms with van der Waals surface area (Å²) in [5, 5.41) is 13.7. The van der Waals surface area contributed by atoms with Crippen LogP contribution in [-0.4, -0.2) is 30.6 Å². The van der Waals surface area contributed by atoms with Crippen LogP contribution in [0.25, 0.3) is 0 Å². The molecule has 164 valence electrons. The van der Waals surface area contributed by atoms with Crippen LogP contribution >= 0.6 is 22.6 Å². The van der Waals surface area contributed by atoms with Crippen molar-refractivity contribution in [1.29, 1.82) is 0 Å². The van der Waals surface area contributed by atoms with Crippen LogP contribution in [0.5, 0.6) is 0 Å². The monoisotopic (exact) mass is 551 g/mol. The van der Waals surface area contributed by atoms with Crippen LogP contribution in [0.2, 0.25) is 0 Å². The fourth-order valence-corrected chi connectivity index (χ4v) is 4.57. The second kappa shape index (κ2) is 10.1. The van der Waals surface area contributed by atoms with Crippen molar-refractivity contribution in [1.82, 2.24) is 10.3 Å². The maximum Gasteiger partial charge on any atom is 0.261 e. The van der Waals surface area contributed by atoms with Crippen molar-refractivity contribution >= 4 is 38.3 Å². The molecule has 1 unspecified atom stereocenters. The van der Waals surface area contributed by atoms with E-state index in [4.69, 9.17) is 0 Å². The van der Waals surface area contributed by atoms with E-state index in [1.807, 2.05) is 18.2 Å². The highest BCUT2D eigenvalue weighted by atomic mass is 127. The van der Waals surface area contributed by atoms with Gasteiger partial charge in [-0.2, -0.15) is 0 Å². The predicted molar refractivity (Wildman–Crippen MR) is 131 cm³/mol. The summed E-state index contributed by atoms with van der Waals surface area (Å²) in [6.07, 6.45) is 3.43. The molecule has 0 spiro atoms. The van der Waals surface area contributed by atoms with E-state index < -0.39 is 16.1 Å². The van der Waals surface area contributed by atoms with Gasteiger partial charge in [0.1, 0.15) is 0 Å². The Balaban J connectivity index is 1.58. The van der Waals surface area contributed by atoms with E-state index in [9.17, 15) is 13.5 Å². The number of anilines is 1. The van der Waals surface area contributed by atoms with Gasteiger partial charge in [0, 0.05) is 39.3 Å². The molecule has 0 saturated carbocycles. The third kappa shape index (κ3) is 6.99. The Bertz CT molecular complexity index is 1090. The standard InChI is InChI=1S/C23H26IN3O3S/c1-23(2,26-16-22(28)18-4-3-13-25-15-18)14-17-5-9-20(10-6-17)27-31(29,30)21-11-7-19(24)8-12-21/h3-13,15,22,26-28H,14,16H2,1-2H3. The average Bonchev–Trinajstić information content (AvgIpc) is 2.74. The summed E-state index contributed by atoms with van der Waals surface area (Å²) in [5.41, 5.74) is 2.09. The molecule has 0 saturated heterocycles. The van der Waals surface area contributed by atoms with Crippen molar-refractivity contribution in [2.24, 2.45) is 0 Å². The van der Waals surface area contributed by atoms with E-state index in [0.717, 1.165) is 21.1 Å². The lowest BCUT2D eigenvalue weighted by Gasteiger charge is -2.28. The SMILES string of the molecule is CC(C)(Cc1ccc(NS(=O)(=O)c2ccc(I)cc2)cc1)NCC(O)c1cccnc1. The van der Waals surface area contributed by atoms with E-state index in [0.29, 0.717) is 12.2 Å². The second-order valence-electron chi connectivity index (χ2n) is 8.00. The number of aliphatic hydroxyl groups excluding tert-OH is 1. The van der Waals surface area contributed by atoms with Crippen LogP contribution in [0, 0.1) is 3.57 Å². The predicted octanol–water partition coefficient (Wildman–Crippen LogP) is 4.13. The fraction of sp³-hybridized carbons (Fsp3) is 0.261. The molecular formula is C23H26IN3O3S. The van der Waals surface area contributed by atoms with Gasteiger partial charge in [-0.1, -0.05) is 18.2 Å². The number of pyridine rings is 1. The highest BCUT2D eigenvalue weighted by Crippen LogP contribution is 2.20. The summed E-state index contributed by atoms with van der Waals surface area (Å²) in [4.78, 5) is 4.27. The molecule has 1 aromatic heterocycles. The summed E-state index contributed by atoms with van der Waals surface area (Å²) in [6, 6.07) is 17.7. The topological polar surface area (TPSA) is 91.3 Å². The van der Waals surface area contributed by atoms with Gasteiger partial charge < -0.3 is 10.4 Å². The number of nitrogens with one attached hydrogen (secondary N) is 2. The van der Waals surface area contributed by atoms with Gasteiger partial charge in [0.25, 0.3) is 10.0 Å². The van der Waals surface area contributed by atoms with Gasteiger partial charge in [0.2, 0.25) is 0 Å². The smallest absolute Gasteiger partial charge is 0.261 e. The molecule has 3 aromatic rings. The Morgan fingerprint density at radius 3 is 2.35 bits per heavy atom. The van der Waals surface area contributed by atoms with Gasteiger partial charge >= 0.3 is 0 Å². The molecule has 0 aliphatic carbocycles. The largest absolute Gasteiger partial charge is 0.387 e. The lowest BCUT2D eigenvalue weighted by Crippen LogP contribution is -2.43. The third-order valence-corrected chi connectivity index (χ3v) is 6.94. The van der Waals surface area contributed by atoms with Crippen molar-refractivity contribution in [2.75, 3.05) is 11.3 Å². The number of nitrogens with zero attached hydrogens (tertiary/aromatic N) is 1. The number of aromatic nitrogens is 1. The Morgan fingerprint density at radius 1 is 1.06 bits per heavy atom. The van der Waals surface area contributed by atoms with E-state index in [1.54, 1.807) is 54.9 Å². The van der Waals surface area contributed by atoms with Gasteiger partial charge in [0.05, 0.1) is 11.0 Å². The fourth-order valence-electron chi connectivity index (χ4n) is 3.16. The quantitative estimate of drug-likeness (QED) is 0.348. The molecule has 3 rings (SSSR count). The summed E-state index contributed by atoms with van der Waals surface area (Å²) in [5.74, 6) is 0. The molecule has 0 aliphatic heterocycles. The van der Waals surface area contributed by atoms with Gasteiger partial charge in [-0.25, -0.2) is 8.42 Å². The van der Waals surface area contributed by atoms with Gasteiger partial charge in [0.15, 0.2) is 0 Å². The van der Waals surface area contributed by atoms with Crippen molar-refractivity contribution in [3.63, 3.8) is 0 Å². The van der Waals surface area contributed by atoms with Crippen LogP contribution in [0.1, 0.15) is 31.1 Å². The number of rotatable bonds is 9. The number of β-amino-alcohol motifs (C(OH)–C–C–N with tert-alkyl or cyclic N) is 1. The third-order valence-electron chi connectivity index (χ3n) is 4.82. The number of hydrogen-bond donors (Lipinski definition) is 3. The lowest BCUT2D eigenvalue weighted by molar-refractivity contribution is 0.160. The number of benzene rings is 2. The van der Waals surface area contributed by atoms with E-state index in [1.165, 1.54) is 0 Å². The molecule has 8 heteroatoms. The molecule has 0 radical (unpaired) electrons. The first-order chi connectivity index (χ1) is 14.6. The molecule has 0 fully saturated rings. The first-order valence-corrected chi connectivity index (χ1v) is 12.4. The normalized spacial score (nSPS) is 13.0. The summed E-state index contributed by atoms with van der Waals surface area (Å²) in [6.45, 7) is 4.54. The minimum absolute atomic E-state index is 0.231. The molecule has 31 heavy (non-hydrogen) atoms.